The molecule has 1 saturated heterocycles. The molecule has 1 saturated carbocycles. The number of nitrogens with one attached hydrogen (secondary N) is 1. The molecule has 1 amide bonds. The average Bonchev–Trinajstić information content (AvgIpc) is 3.52. The molecule has 5 heteroatoms. The van der Waals surface area contributed by atoms with Gasteiger partial charge in [-0.25, -0.2) is 0 Å². The van der Waals surface area contributed by atoms with Gasteiger partial charge < -0.3 is 10.1 Å². The summed E-state index contributed by atoms with van der Waals surface area (Å²) in [5.74, 6) is 0.682. The number of nitrogens with zero attached hydrogens (tertiary/aromatic N) is 2. The second-order valence-corrected chi connectivity index (χ2v) is 9.22. The van der Waals surface area contributed by atoms with E-state index in [-0.39, 0.29) is 11.4 Å². The van der Waals surface area contributed by atoms with E-state index in [9.17, 15) is 4.79 Å². The molecule has 0 bridgehead atoms. The van der Waals surface area contributed by atoms with Crippen molar-refractivity contribution in [2.75, 3.05) is 39.4 Å². The predicted octanol–water partition coefficient (Wildman–Crippen LogP) is 3.00. The van der Waals surface area contributed by atoms with E-state index < -0.39 is 0 Å². The largest absolute Gasteiger partial charge is 0.379 e. The van der Waals surface area contributed by atoms with Crippen LogP contribution in [0.2, 0.25) is 0 Å². The summed E-state index contributed by atoms with van der Waals surface area (Å²) >= 11 is 0. The number of carbonyl (C=O) groups is 1. The SMILES string of the molecule is CC(C)c1ccc(CN(CC(=O)NCC(C)(C)N2CCOCC2)C2CC2)cc1. The molecule has 1 aliphatic carbocycles. The maximum Gasteiger partial charge on any atom is 0.234 e. The molecule has 0 atom stereocenters. The van der Waals surface area contributed by atoms with Crippen LogP contribution < -0.4 is 5.32 Å². The molecule has 1 heterocycles. The Balaban J connectivity index is 1.50. The molecule has 2 fully saturated rings. The van der Waals surface area contributed by atoms with Gasteiger partial charge in [0.15, 0.2) is 0 Å². The summed E-state index contributed by atoms with van der Waals surface area (Å²) in [4.78, 5) is 17.4. The number of hydrogen-bond acceptors (Lipinski definition) is 4. The molecule has 0 radical (unpaired) electrons. The Morgan fingerprint density at radius 2 is 1.86 bits per heavy atom. The predicted molar refractivity (Wildman–Crippen MR) is 113 cm³/mol. The summed E-state index contributed by atoms with van der Waals surface area (Å²) in [6, 6.07) is 9.42. The normalized spacial score (nSPS) is 18.6. The summed E-state index contributed by atoms with van der Waals surface area (Å²) in [7, 11) is 0. The zero-order valence-electron chi connectivity index (χ0n) is 18.0. The van der Waals surface area contributed by atoms with E-state index in [0.717, 1.165) is 32.8 Å². The molecule has 28 heavy (non-hydrogen) atoms. The van der Waals surface area contributed by atoms with Crippen LogP contribution in [0.25, 0.3) is 0 Å². The molecule has 0 unspecified atom stereocenters. The highest BCUT2D eigenvalue weighted by Gasteiger charge is 2.32. The molecular formula is C23H37N3O2. The van der Waals surface area contributed by atoms with Crippen molar-refractivity contribution in [3.05, 3.63) is 35.4 Å². The highest BCUT2D eigenvalue weighted by Crippen LogP contribution is 2.28. The maximum absolute atomic E-state index is 12.7. The van der Waals surface area contributed by atoms with E-state index in [4.69, 9.17) is 4.74 Å². The first-order valence-corrected chi connectivity index (χ1v) is 10.8. The molecule has 0 spiro atoms. The van der Waals surface area contributed by atoms with E-state index in [1.54, 1.807) is 0 Å². The van der Waals surface area contributed by atoms with Crippen LogP contribution >= 0.6 is 0 Å². The van der Waals surface area contributed by atoms with Crippen LogP contribution in [0.15, 0.2) is 24.3 Å². The van der Waals surface area contributed by atoms with E-state index in [1.807, 2.05) is 0 Å². The number of rotatable bonds is 9. The fourth-order valence-electron chi connectivity index (χ4n) is 3.83. The van der Waals surface area contributed by atoms with Gasteiger partial charge in [0.25, 0.3) is 0 Å². The minimum Gasteiger partial charge on any atom is -0.379 e. The fourth-order valence-corrected chi connectivity index (χ4v) is 3.83. The van der Waals surface area contributed by atoms with Gasteiger partial charge in [0.2, 0.25) is 5.91 Å². The monoisotopic (exact) mass is 387 g/mol. The van der Waals surface area contributed by atoms with Gasteiger partial charge in [-0.05, 0) is 43.7 Å². The van der Waals surface area contributed by atoms with Gasteiger partial charge in [-0.2, -0.15) is 0 Å². The van der Waals surface area contributed by atoms with Crippen molar-refractivity contribution in [2.45, 2.75) is 64.6 Å². The molecular weight excluding hydrogens is 350 g/mol. The fraction of sp³-hybridized carbons (Fsp3) is 0.696. The van der Waals surface area contributed by atoms with Gasteiger partial charge >= 0.3 is 0 Å². The van der Waals surface area contributed by atoms with Crippen LogP contribution in [-0.4, -0.2) is 66.7 Å². The molecule has 0 aromatic heterocycles. The van der Waals surface area contributed by atoms with E-state index in [0.29, 0.717) is 25.0 Å². The molecule has 156 valence electrons. The zero-order valence-corrected chi connectivity index (χ0v) is 18.0. The summed E-state index contributed by atoms with van der Waals surface area (Å²) in [6.07, 6.45) is 2.41. The molecule has 3 rings (SSSR count). The van der Waals surface area contributed by atoms with Gasteiger partial charge in [-0.1, -0.05) is 38.1 Å². The lowest BCUT2D eigenvalue weighted by Crippen LogP contribution is -2.56. The van der Waals surface area contributed by atoms with E-state index in [2.05, 4.69) is 67.1 Å². The highest BCUT2D eigenvalue weighted by atomic mass is 16.5. The van der Waals surface area contributed by atoms with Gasteiger partial charge in [-0.15, -0.1) is 0 Å². The van der Waals surface area contributed by atoms with E-state index >= 15 is 0 Å². The van der Waals surface area contributed by atoms with Crippen LogP contribution in [0.5, 0.6) is 0 Å². The first-order valence-electron chi connectivity index (χ1n) is 10.8. The molecule has 1 aromatic carbocycles. The summed E-state index contributed by atoms with van der Waals surface area (Å²) in [5, 5.41) is 3.18. The number of carbonyl (C=O) groups excluding carboxylic acids is 1. The van der Waals surface area contributed by atoms with Gasteiger partial charge in [-0.3, -0.25) is 14.6 Å². The van der Waals surface area contributed by atoms with Gasteiger partial charge in [0, 0.05) is 37.8 Å². The molecule has 1 N–H and O–H groups in total. The Labute approximate surface area is 170 Å². The lowest BCUT2D eigenvalue weighted by molar-refractivity contribution is -0.123. The number of morpholine rings is 1. The van der Waals surface area contributed by atoms with Crippen LogP contribution in [0, 0.1) is 0 Å². The molecule has 1 aliphatic heterocycles. The third-order valence-electron chi connectivity index (χ3n) is 6.03. The van der Waals surface area contributed by atoms with Gasteiger partial charge in [0.05, 0.1) is 19.8 Å². The van der Waals surface area contributed by atoms with Crippen LogP contribution in [0.1, 0.15) is 57.6 Å². The molecule has 5 nitrogen and oxygen atoms in total. The summed E-state index contributed by atoms with van der Waals surface area (Å²) in [6.45, 7) is 14.3. The Morgan fingerprint density at radius 3 is 2.43 bits per heavy atom. The second kappa shape index (κ2) is 9.38. The Kier molecular flexibility index (Phi) is 7.13. The molecule has 2 aliphatic rings. The Bertz CT molecular complexity index is 632. The Morgan fingerprint density at radius 1 is 1.21 bits per heavy atom. The van der Waals surface area contributed by atoms with Gasteiger partial charge in [0.1, 0.15) is 0 Å². The van der Waals surface area contributed by atoms with Crippen molar-refractivity contribution >= 4 is 5.91 Å². The first kappa shape index (κ1) is 21.3. The number of ether oxygens (including phenoxy) is 1. The number of benzene rings is 1. The third-order valence-corrected chi connectivity index (χ3v) is 6.03. The lowest BCUT2D eigenvalue weighted by atomic mass is 10.0. The van der Waals surface area contributed by atoms with Crippen LogP contribution in [0.3, 0.4) is 0 Å². The lowest BCUT2D eigenvalue weighted by Gasteiger charge is -2.41. The maximum atomic E-state index is 12.7. The average molecular weight is 388 g/mol. The van der Waals surface area contributed by atoms with Crippen LogP contribution in [-0.2, 0) is 16.1 Å². The summed E-state index contributed by atoms with van der Waals surface area (Å²) < 4.78 is 5.45. The highest BCUT2D eigenvalue weighted by molar-refractivity contribution is 5.78. The van der Waals surface area contributed by atoms with Crippen molar-refractivity contribution in [3.8, 4) is 0 Å². The third kappa shape index (κ3) is 6.03. The van der Waals surface area contributed by atoms with Crippen LogP contribution in [0.4, 0.5) is 0 Å². The van der Waals surface area contributed by atoms with Crippen molar-refractivity contribution in [1.29, 1.82) is 0 Å². The van der Waals surface area contributed by atoms with Crippen molar-refractivity contribution in [2.24, 2.45) is 0 Å². The number of hydrogen-bond donors (Lipinski definition) is 1. The Hall–Kier alpha value is -1.43. The molecule has 1 aromatic rings. The summed E-state index contributed by atoms with van der Waals surface area (Å²) in [5.41, 5.74) is 2.61. The topological polar surface area (TPSA) is 44.8 Å². The van der Waals surface area contributed by atoms with Crippen molar-refractivity contribution in [1.82, 2.24) is 15.1 Å². The smallest absolute Gasteiger partial charge is 0.234 e. The minimum atomic E-state index is -0.0451. The zero-order chi connectivity index (χ0) is 20.1. The van der Waals surface area contributed by atoms with Crippen molar-refractivity contribution < 1.29 is 9.53 Å². The quantitative estimate of drug-likeness (QED) is 0.707. The second-order valence-electron chi connectivity index (χ2n) is 9.22. The standard InChI is InChI=1S/C23H37N3O2/c1-18(2)20-7-5-19(6-8-20)15-25(21-9-10-21)16-22(27)24-17-23(3,4)26-11-13-28-14-12-26/h5-8,18,21H,9-17H2,1-4H3,(H,24,27). The minimum absolute atomic E-state index is 0.0451. The number of amides is 1. The first-order chi connectivity index (χ1) is 13.3. The van der Waals surface area contributed by atoms with Crippen molar-refractivity contribution in [3.63, 3.8) is 0 Å². The van der Waals surface area contributed by atoms with E-state index in [1.165, 1.54) is 24.0 Å².